The van der Waals surface area contributed by atoms with E-state index in [4.69, 9.17) is 9.47 Å². The van der Waals surface area contributed by atoms with Crippen molar-refractivity contribution in [3.05, 3.63) is 116 Å². The molecule has 0 unspecified atom stereocenters. The molecule has 6 rings (SSSR count). The zero-order chi connectivity index (χ0) is 37.8. The molecule has 53 heavy (non-hydrogen) atoms. The minimum Gasteiger partial charge on any atom is -0.505 e. The fourth-order valence-corrected chi connectivity index (χ4v) is 6.37. The molecule has 0 saturated heterocycles. The average molecular weight is 845 g/mol. The van der Waals surface area contributed by atoms with Crippen LogP contribution in [0.25, 0.3) is 33.4 Å². The Kier molecular flexibility index (Phi) is 11.4. The maximum atomic E-state index is 12.0. The van der Waals surface area contributed by atoms with Crippen LogP contribution in [0, 0.1) is 0 Å². The summed E-state index contributed by atoms with van der Waals surface area (Å²) in [5.41, 5.74) is 6.58. The van der Waals surface area contributed by atoms with Gasteiger partial charge in [-0.05, 0) is 99.2 Å². The number of aromatic hydroxyl groups is 2. The topological polar surface area (TPSA) is 154 Å². The molecule has 14 heteroatoms. The Morgan fingerprint density at radius 1 is 0.642 bits per heavy atom. The number of carbonyl (C=O) groups excluding carboxylic acids is 2. The molecular formula is C39H36Br2N6O6. The molecule has 272 valence electrons. The molecule has 0 amide bonds. The Labute approximate surface area is 322 Å². The number of halogens is 2. The highest BCUT2D eigenvalue weighted by Crippen LogP contribution is 2.36. The second kappa shape index (κ2) is 16.1. The third-order valence-electron chi connectivity index (χ3n) is 8.34. The highest BCUT2D eigenvalue weighted by molar-refractivity contribution is 9.10. The van der Waals surface area contributed by atoms with Gasteiger partial charge >= 0.3 is 11.9 Å². The van der Waals surface area contributed by atoms with Crippen molar-refractivity contribution in [1.29, 1.82) is 0 Å². The third kappa shape index (κ3) is 8.83. The lowest BCUT2D eigenvalue weighted by atomic mass is 9.95. The minimum atomic E-state index is -0.456. The maximum absolute atomic E-state index is 12.0. The summed E-state index contributed by atoms with van der Waals surface area (Å²) in [6, 6.07) is 18.4. The third-order valence-corrected chi connectivity index (χ3v) is 9.32. The fraction of sp³-hybridized carbons (Fsp3) is 0.231. The van der Waals surface area contributed by atoms with Crippen molar-refractivity contribution in [3.8, 4) is 22.9 Å². The first-order chi connectivity index (χ1) is 25.4. The van der Waals surface area contributed by atoms with Gasteiger partial charge in [0.1, 0.15) is 44.9 Å². The molecule has 2 heterocycles. The Morgan fingerprint density at radius 2 is 1.04 bits per heavy atom. The van der Waals surface area contributed by atoms with Gasteiger partial charge in [-0.1, -0.05) is 57.2 Å². The number of ether oxygens (including phenoxy) is 2. The molecule has 0 atom stereocenters. The first kappa shape index (κ1) is 37.4. The highest BCUT2D eigenvalue weighted by Gasteiger charge is 2.20. The van der Waals surface area contributed by atoms with Crippen LogP contribution >= 0.6 is 31.9 Å². The molecule has 0 radical (unpaired) electrons. The molecule has 0 bridgehead atoms. The molecule has 12 nitrogen and oxygen atoms in total. The molecule has 0 spiro atoms. The summed E-state index contributed by atoms with van der Waals surface area (Å²) in [6.45, 7) is 10.8. The standard InChI is InChI=1S/C39H36Br2N6O6/c1-22(2)38(50)52-13-5-7-24-15-26(36(48)34(17-24)46-42-30-11-9-28(40)20-32(30)44-46)19-27-16-25(8-6-14-53-39(51)23(3)4)18-35(37(27)49)47-43-31-12-10-29(41)21-33(31)45-47/h9-12,15-18,20-21,48-49H,1,3,5-8,13-14,19H2,2,4H3. The van der Waals surface area contributed by atoms with Crippen LogP contribution in [0.3, 0.4) is 0 Å². The number of benzene rings is 4. The van der Waals surface area contributed by atoms with Gasteiger partial charge in [0.2, 0.25) is 0 Å². The Balaban J connectivity index is 1.39. The van der Waals surface area contributed by atoms with E-state index in [9.17, 15) is 19.8 Å². The van der Waals surface area contributed by atoms with E-state index in [1.165, 1.54) is 9.59 Å². The number of rotatable bonds is 14. The summed E-state index contributed by atoms with van der Waals surface area (Å²) in [4.78, 5) is 26.7. The van der Waals surface area contributed by atoms with Crippen molar-refractivity contribution in [3.63, 3.8) is 0 Å². The number of aromatic nitrogens is 6. The number of hydrogen-bond acceptors (Lipinski definition) is 10. The summed E-state index contributed by atoms with van der Waals surface area (Å²) in [6.07, 6.45) is 2.16. The molecule has 0 fully saturated rings. The van der Waals surface area contributed by atoms with Crippen LogP contribution < -0.4 is 0 Å². The normalized spacial score (nSPS) is 11.2. The first-order valence-electron chi connectivity index (χ1n) is 16.8. The van der Waals surface area contributed by atoms with Gasteiger partial charge < -0.3 is 19.7 Å². The maximum Gasteiger partial charge on any atom is 0.333 e. The number of aryl methyl sites for hydroxylation is 2. The lowest BCUT2D eigenvalue weighted by Crippen LogP contribution is -2.08. The van der Waals surface area contributed by atoms with Crippen LogP contribution in [-0.4, -0.2) is 65.4 Å². The van der Waals surface area contributed by atoms with Crippen LogP contribution in [0.2, 0.25) is 0 Å². The van der Waals surface area contributed by atoms with Gasteiger partial charge in [-0.15, -0.1) is 30.0 Å². The molecule has 2 aromatic heterocycles. The van der Waals surface area contributed by atoms with Crippen molar-refractivity contribution >= 4 is 65.9 Å². The van der Waals surface area contributed by atoms with Crippen molar-refractivity contribution in [2.24, 2.45) is 0 Å². The number of nitrogens with zero attached hydrogens (tertiary/aromatic N) is 6. The smallest absolute Gasteiger partial charge is 0.333 e. The lowest BCUT2D eigenvalue weighted by molar-refractivity contribution is -0.139. The first-order valence-corrected chi connectivity index (χ1v) is 18.4. The van der Waals surface area contributed by atoms with Gasteiger partial charge in [0.25, 0.3) is 0 Å². The second-order valence-electron chi connectivity index (χ2n) is 12.7. The van der Waals surface area contributed by atoms with Gasteiger partial charge in [-0.3, -0.25) is 0 Å². The van der Waals surface area contributed by atoms with Crippen molar-refractivity contribution in [2.45, 2.75) is 46.0 Å². The van der Waals surface area contributed by atoms with Crippen LogP contribution in [0.1, 0.15) is 48.9 Å². The average Bonchev–Trinajstić information content (AvgIpc) is 3.74. The number of esters is 2. The van der Waals surface area contributed by atoms with E-state index in [-0.39, 0.29) is 31.1 Å². The minimum absolute atomic E-state index is 0.0623. The monoisotopic (exact) mass is 842 g/mol. The number of fused-ring (bicyclic) bond motifs is 2. The SMILES string of the molecule is C=C(C)C(=O)OCCCc1cc(Cc2cc(CCCOC(=O)C(=C)C)cc(-n3nc4ccc(Br)cc4n3)c2O)c(O)c(-n2nc3ccc(Br)cc3n2)c1. The molecule has 4 aromatic carbocycles. The molecular weight excluding hydrogens is 808 g/mol. The summed E-state index contributed by atoms with van der Waals surface area (Å²) in [7, 11) is 0. The number of carbonyl (C=O) groups is 2. The van der Waals surface area contributed by atoms with Gasteiger partial charge in [0, 0.05) is 37.6 Å². The quantitative estimate of drug-likeness (QED) is 0.0631. The van der Waals surface area contributed by atoms with Crippen LogP contribution in [0.5, 0.6) is 11.5 Å². The molecule has 0 aliphatic heterocycles. The molecule has 0 aliphatic carbocycles. The Hall–Kier alpha value is -5.34. The van der Waals surface area contributed by atoms with Crippen LogP contribution in [0.4, 0.5) is 0 Å². The summed E-state index contributed by atoms with van der Waals surface area (Å²) in [5, 5.41) is 42.1. The zero-order valence-electron chi connectivity index (χ0n) is 29.1. The molecule has 0 aliphatic rings. The van der Waals surface area contributed by atoms with E-state index in [0.29, 0.717) is 81.4 Å². The van der Waals surface area contributed by atoms with Gasteiger partial charge in [-0.25, -0.2) is 9.59 Å². The van der Waals surface area contributed by atoms with Gasteiger partial charge in [-0.2, -0.15) is 0 Å². The second-order valence-corrected chi connectivity index (χ2v) is 14.5. The Morgan fingerprint density at radius 3 is 1.43 bits per heavy atom. The lowest BCUT2D eigenvalue weighted by Gasteiger charge is -2.16. The van der Waals surface area contributed by atoms with Crippen molar-refractivity contribution in [1.82, 2.24) is 30.0 Å². The summed E-state index contributed by atoms with van der Waals surface area (Å²) < 4.78 is 12.3. The largest absolute Gasteiger partial charge is 0.505 e. The summed E-state index contributed by atoms with van der Waals surface area (Å²) in [5.74, 6) is -1.04. The van der Waals surface area contributed by atoms with E-state index < -0.39 is 11.9 Å². The zero-order valence-corrected chi connectivity index (χ0v) is 32.3. The fourth-order valence-electron chi connectivity index (χ4n) is 5.67. The highest BCUT2D eigenvalue weighted by atomic mass is 79.9. The predicted octanol–water partition coefficient (Wildman–Crippen LogP) is 7.79. The summed E-state index contributed by atoms with van der Waals surface area (Å²) >= 11 is 6.95. The van der Waals surface area contributed by atoms with Crippen molar-refractivity contribution in [2.75, 3.05) is 13.2 Å². The molecule has 0 saturated carbocycles. The number of phenols is 2. The van der Waals surface area contributed by atoms with E-state index >= 15 is 0 Å². The van der Waals surface area contributed by atoms with Gasteiger partial charge in [0.15, 0.2) is 0 Å². The van der Waals surface area contributed by atoms with E-state index in [2.05, 4.69) is 65.4 Å². The predicted molar refractivity (Wildman–Crippen MR) is 207 cm³/mol. The molecule has 6 aromatic rings. The number of phenolic OH excluding ortho intramolecular Hbond substituents is 2. The van der Waals surface area contributed by atoms with Gasteiger partial charge in [0.05, 0.1) is 13.2 Å². The van der Waals surface area contributed by atoms with Crippen LogP contribution in [-0.2, 0) is 38.3 Å². The molecule has 2 N–H and O–H groups in total. The van der Waals surface area contributed by atoms with Crippen molar-refractivity contribution < 1.29 is 29.3 Å². The Bertz CT molecular complexity index is 2240. The van der Waals surface area contributed by atoms with Crippen LogP contribution in [0.15, 0.2) is 93.9 Å². The van der Waals surface area contributed by atoms with E-state index in [1.54, 1.807) is 26.0 Å². The van der Waals surface area contributed by atoms with E-state index in [1.807, 2.05) is 48.5 Å². The number of hydrogen-bond donors (Lipinski definition) is 2. The van der Waals surface area contributed by atoms with E-state index in [0.717, 1.165) is 20.1 Å².